The Hall–Kier alpha value is -2.49. The van der Waals surface area contributed by atoms with Crippen molar-refractivity contribution >= 4 is 34.4 Å². The summed E-state index contributed by atoms with van der Waals surface area (Å²) in [5.41, 5.74) is 1.41. The van der Waals surface area contributed by atoms with Crippen LogP contribution in [0.25, 0.3) is 28.1 Å². The lowest BCUT2D eigenvalue weighted by molar-refractivity contribution is 0.111. The quantitative estimate of drug-likeness (QED) is 0.638. The Bertz CT molecular complexity index is 762. The van der Waals surface area contributed by atoms with E-state index in [1.807, 2.05) is 18.2 Å². The third-order valence-electron chi connectivity index (χ3n) is 2.74. The highest BCUT2D eigenvalue weighted by atomic mass is 16.2. The van der Waals surface area contributed by atoms with Crippen LogP contribution in [0.5, 0.6) is 0 Å². The first-order valence-electron chi connectivity index (χ1n) is 5.12. The van der Waals surface area contributed by atoms with Gasteiger partial charge in [0.1, 0.15) is 0 Å². The van der Waals surface area contributed by atoms with Gasteiger partial charge in [0.2, 0.25) is 0 Å². The third kappa shape index (κ3) is 1.34. The molecule has 0 saturated carbocycles. The van der Waals surface area contributed by atoms with Crippen molar-refractivity contribution in [2.24, 2.45) is 0 Å². The first-order chi connectivity index (χ1) is 8.33. The van der Waals surface area contributed by atoms with Crippen LogP contribution in [0.4, 0.5) is 0 Å². The lowest BCUT2D eigenvalue weighted by atomic mass is 10.1. The van der Waals surface area contributed by atoms with E-state index in [-0.39, 0.29) is 5.82 Å². The molecule has 2 aromatic carbocycles. The van der Waals surface area contributed by atoms with Gasteiger partial charge in [-0.25, -0.2) is 9.97 Å². The summed E-state index contributed by atoms with van der Waals surface area (Å²) in [4.78, 5) is 19.0. The molecular weight excluding hydrogens is 216 g/mol. The first-order valence-corrected chi connectivity index (χ1v) is 5.12. The number of hydrogen-bond donors (Lipinski definition) is 1. The van der Waals surface area contributed by atoms with E-state index >= 15 is 0 Å². The van der Waals surface area contributed by atoms with Crippen molar-refractivity contribution < 1.29 is 9.90 Å². The summed E-state index contributed by atoms with van der Waals surface area (Å²) in [6.45, 7) is 0. The molecule has 82 valence electrons. The maximum absolute atomic E-state index is 10.7. The van der Waals surface area contributed by atoms with Gasteiger partial charge in [0.05, 0.1) is 17.3 Å². The highest BCUT2D eigenvalue weighted by molar-refractivity contribution is 6.07. The largest absolute Gasteiger partial charge is 0.515 e. The van der Waals surface area contributed by atoms with E-state index in [1.165, 1.54) is 0 Å². The SMILES string of the molecule is O=Cc1nc2cccc3/c(=C/O)ccc(n1)c23. The minimum atomic E-state index is 0.172. The lowest BCUT2D eigenvalue weighted by Crippen LogP contribution is -2.04. The topological polar surface area (TPSA) is 63.1 Å². The van der Waals surface area contributed by atoms with E-state index in [0.29, 0.717) is 22.5 Å². The van der Waals surface area contributed by atoms with Crippen molar-refractivity contribution in [3.63, 3.8) is 0 Å². The Labute approximate surface area is 96.2 Å². The second-order valence-electron chi connectivity index (χ2n) is 3.70. The number of carbonyl (C=O) groups excluding carboxylic acids is 1. The van der Waals surface area contributed by atoms with Gasteiger partial charge >= 0.3 is 0 Å². The summed E-state index contributed by atoms with van der Waals surface area (Å²) >= 11 is 0. The van der Waals surface area contributed by atoms with E-state index in [0.717, 1.165) is 17.0 Å². The molecule has 3 rings (SSSR count). The Morgan fingerprint density at radius 2 is 1.82 bits per heavy atom. The molecular formula is C13H8N2O2. The van der Waals surface area contributed by atoms with Crippen molar-refractivity contribution in [3.05, 3.63) is 41.4 Å². The van der Waals surface area contributed by atoms with Crippen LogP contribution in [0.1, 0.15) is 10.6 Å². The Balaban J connectivity index is 2.63. The molecule has 1 N–H and O–H groups in total. The molecule has 0 amide bonds. The van der Waals surface area contributed by atoms with Crippen LogP contribution in [0.15, 0.2) is 30.3 Å². The monoisotopic (exact) mass is 224 g/mol. The zero-order chi connectivity index (χ0) is 11.8. The zero-order valence-electron chi connectivity index (χ0n) is 8.79. The fourth-order valence-corrected chi connectivity index (χ4v) is 2.02. The highest BCUT2D eigenvalue weighted by Crippen LogP contribution is 2.21. The normalized spacial score (nSPS) is 12.4. The van der Waals surface area contributed by atoms with Crippen LogP contribution in [0.2, 0.25) is 0 Å². The average molecular weight is 224 g/mol. The predicted molar refractivity (Wildman–Crippen MR) is 64.7 cm³/mol. The number of rotatable bonds is 1. The average Bonchev–Trinajstić information content (AvgIpc) is 2.39. The molecule has 4 nitrogen and oxygen atoms in total. The van der Waals surface area contributed by atoms with E-state index in [1.54, 1.807) is 12.1 Å². The Morgan fingerprint density at radius 1 is 1.06 bits per heavy atom. The molecule has 0 bridgehead atoms. The van der Waals surface area contributed by atoms with Gasteiger partial charge in [-0.05, 0) is 23.6 Å². The molecule has 3 aromatic rings. The number of benzene rings is 2. The molecule has 1 heterocycles. The van der Waals surface area contributed by atoms with Crippen LogP contribution in [-0.2, 0) is 0 Å². The minimum absolute atomic E-state index is 0.172. The van der Waals surface area contributed by atoms with Crippen LogP contribution in [-0.4, -0.2) is 21.4 Å². The molecule has 17 heavy (non-hydrogen) atoms. The van der Waals surface area contributed by atoms with Gasteiger partial charge in [-0.1, -0.05) is 12.1 Å². The lowest BCUT2D eigenvalue weighted by Gasteiger charge is -2.04. The molecule has 0 spiro atoms. The maximum Gasteiger partial charge on any atom is 0.193 e. The van der Waals surface area contributed by atoms with E-state index < -0.39 is 0 Å². The number of nitrogens with zero attached hydrogens (tertiary/aromatic N) is 2. The van der Waals surface area contributed by atoms with Crippen LogP contribution in [0, 0.1) is 0 Å². The van der Waals surface area contributed by atoms with Gasteiger partial charge in [-0.15, -0.1) is 0 Å². The number of carbonyl (C=O) groups is 1. The molecule has 0 fully saturated rings. The Morgan fingerprint density at radius 3 is 2.53 bits per heavy atom. The molecule has 0 radical (unpaired) electrons. The second-order valence-corrected chi connectivity index (χ2v) is 3.70. The number of aromatic nitrogens is 2. The standard InChI is InChI=1S/C13H8N2O2/c16-6-8-4-5-11-13-9(8)2-1-3-10(13)14-12(7-17)15-11/h1-7,16H/b8-6+. The number of aliphatic hydroxyl groups is 1. The fourth-order valence-electron chi connectivity index (χ4n) is 2.02. The summed E-state index contributed by atoms with van der Waals surface area (Å²) < 4.78 is 0. The number of aldehydes is 1. The van der Waals surface area contributed by atoms with E-state index in [4.69, 9.17) is 5.11 Å². The predicted octanol–water partition coefficient (Wildman–Crippen LogP) is 1.61. The first kappa shape index (κ1) is 9.72. The van der Waals surface area contributed by atoms with Gasteiger partial charge in [0, 0.05) is 10.6 Å². The van der Waals surface area contributed by atoms with Gasteiger partial charge < -0.3 is 5.11 Å². The molecule has 0 aliphatic rings. The summed E-state index contributed by atoms with van der Waals surface area (Å²) in [6.07, 6.45) is 1.69. The van der Waals surface area contributed by atoms with E-state index in [9.17, 15) is 4.79 Å². The van der Waals surface area contributed by atoms with Gasteiger partial charge in [-0.2, -0.15) is 0 Å². The summed E-state index contributed by atoms with van der Waals surface area (Å²) in [7, 11) is 0. The second kappa shape index (κ2) is 3.52. The van der Waals surface area contributed by atoms with Crippen molar-refractivity contribution in [3.8, 4) is 0 Å². The number of aliphatic hydroxyl groups excluding tert-OH is 1. The maximum atomic E-state index is 10.7. The molecule has 4 heteroatoms. The van der Waals surface area contributed by atoms with Crippen molar-refractivity contribution in [1.82, 2.24) is 9.97 Å². The van der Waals surface area contributed by atoms with Crippen molar-refractivity contribution in [2.45, 2.75) is 0 Å². The molecule has 0 unspecified atom stereocenters. The minimum Gasteiger partial charge on any atom is -0.515 e. The molecule has 0 atom stereocenters. The molecule has 0 aliphatic heterocycles. The van der Waals surface area contributed by atoms with E-state index in [2.05, 4.69) is 9.97 Å². The summed E-state index contributed by atoms with van der Waals surface area (Å²) in [5.74, 6) is 0.172. The zero-order valence-corrected chi connectivity index (χ0v) is 8.79. The molecule has 1 aromatic heterocycles. The van der Waals surface area contributed by atoms with Crippen LogP contribution in [0.3, 0.4) is 0 Å². The molecule has 0 saturated heterocycles. The van der Waals surface area contributed by atoms with Gasteiger partial charge in [-0.3, -0.25) is 4.79 Å². The smallest absolute Gasteiger partial charge is 0.193 e. The summed E-state index contributed by atoms with van der Waals surface area (Å²) in [5, 5.41) is 11.6. The van der Waals surface area contributed by atoms with Crippen molar-refractivity contribution in [1.29, 1.82) is 0 Å². The van der Waals surface area contributed by atoms with Gasteiger partial charge in [0.15, 0.2) is 12.1 Å². The fraction of sp³-hybridized carbons (Fsp3) is 0. The highest BCUT2D eigenvalue weighted by Gasteiger charge is 2.07. The third-order valence-corrected chi connectivity index (χ3v) is 2.74. The van der Waals surface area contributed by atoms with Crippen LogP contribution >= 0.6 is 0 Å². The number of hydrogen-bond acceptors (Lipinski definition) is 4. The molecule has 0 aliphatic carbocycles. The summed E-state index contributed by atoms with van der Waals surface area (Å²) in [6, 6.07) is 9.09. The Kier molecular flexibility index (Phi) is 2.01. The van der Waals surface area contributed by atoms with Crippen molar-refractivity contribution in [2.75, 3.05) is 0 Å². The van der Waals surface area contributed by atoms with Crippen LogP contribution < -0.4 is 5.22 Å². The van der Waals surface area contributed by atoms with Gasteiger partial charge in [0.25, 0.3) is 0 Å².